The van der Waals surface area contributed by atoms with Gasteiger partial charge >= 0.3 is 23.6 Å². The maximum Gasteiger partial charge on any atom is 0.679 e. The first-order valence-corrected chi connectivity index (χ1v) is 13.3. The number of hydrogen-bond donors (Lipinski definition) is 1. The summed E-state index contributed by atoms with van der Waals surface area (Å²) in [5, 5.41) is 0. The molecule has 20 heavy (non-hydrogen) atoms. The minimum absolute atomic E-state index is 0.685. The Hall–Kier alpha value is 1.02. The topological polar surface area (TPSA) is 96.4 Å². The van der Waals surface area contributed by atoms with E-state index in [1.165, 1.54) is 36.0 Å². The molecule has 1 saturated heterocycles. The van der Waals surface area contributed by atoms with Gasteiger partial charge in [0.15, 0.2) is 14.7 Å². The zero-order chi connectivity index (χ0) is 16.2. The van der Waals surface area contributed by atoms with Crippen molar-refractivity contribution < 1.29 is 25.7 Å². The SMILES string of the molecule is CN1CCN(C)P1(=O)O.CP(C)(=O)[O][Al][O]P(C)(C)=O. The van der Waals surface area contributed by atoms with Gasteiger partial charge in [-0.3, -0.25) is 13.7 Å². The smallest absolute Gasteiger partial charge is 0.435 e. The molecule has 0 aromatic carbocycles. The van der Waals surface area contributed by atoms with Crippen LogP contribution in [-0.4, -0.2) is 84.0 Å². The van der Waals surface area contributed by atoms with Crippen LogP contribution in [0, 0.1) is 0 Å². The average molecular weight is 363 g/mol. The molecule has 1 aliphatic rings. The minimum atomic E-state index is -3.06. The van der Waals surface area contributed by atoms with Crippen molar-refractivity contribution >= 4 is 38.3 Å². The molecule has 1 rings (SSSR count). The molecule has 0 saturated carbocycles. The standard InChI is InChI=1S/C4H11N2O2P.2C2H7O2P.Al/c1-5-3-4-6(2)9(5,7)8;2*1-5(2,3)4;/h3-4H2,1-2H3,(H,7,8);2*1-2H3,(H,3,4);/q;;;+2/p-2. The van der Waals surface area contributed by atoms with Crippen molar-refractivity contribution in [2.75, 3.05) is 53.8 Å². The molecule has 0 bridgehead atoms. The van der Waals surface area contributed by atoms with Crippen LogP contribution < -0.4 is 0 Å². The van der Waals surface area contributed by atoms with Crippen molar-refractivity contribution in [3.05, 3.63) is 0 Å². The summed E-state index contributed by atoms with van der Waals surface area (Å²) in [7, 11) is -4.67. The van der Waals surface area contributed by atoms with Crippen LogP contribution in [0.5, 0.6) is 0 Å². The molecule has 1 fully saturated rings. The molecule has 1 N–H and O–H groups in total. The molecular weight excluding hydrogens is 340 g/mol. The second kappa shape index (κ2) is 8.04. The molecule has 8 nitrogen and oxygen atoms in total. The lowest BCUT2D eigenvalue weighted by Gasteiger charge is -2.17. The van der Waals surface area contributed by atoms with E-state index in [0.29, 0.717) is 13.1 Å². The zero-order valence-corrected chi connectivity index (χ0v) is 16.6. The van der Waals surface area contributed by atoms with Gasteiger partial charge in [-0.05, 0) is 14.1 Å². The third-order valence-electron chi connectivity index (χ3n) is 2.23. The summed E-state index contributed by atoms with van der Waals surface area (Å²) < 4.78 is 45.6. The lowest BCUT2D eigenvalue weighted by molar-refractivity contribution is 0.379. The Bertz CT molecular complexity index is 413. The first kappa shape index (κ1) is 21.0. The lowest BCUT2D eigenvalue weighted by atomic mass is 10.6. The van der Waals surface area contributed by atoms with Crippen molar-refractivity contribution in [2.45, 2.75) is 0 Å². The van der Waals surface area contributed by atoms with Crippen LogP contribution in [-0.2, 0) is 20.8 Å². The highest BCUT2D eigenvalue weighted by Crippen LogP contribution is 2.50. The van der Waals surface area contributed by atoms with Gasteiger partial charge in [0.05, 0.1) is 0 Å². The Labute approximate surface area is 127 Å². The molecule has 12 heteroatoms. The van der Waals surface area contributed by atoms with Crippen LogP contribution in [0.1, 0.15) is 0 Å². The second-order valence-electron chi connectivity index (χ2n) is 5.09. The first-order chi connectivity index (χ1) is 8.76. The Balaban J connectivity index is 0.000000367. The van der Waals surface area contributed by atoms with E-state index < -0.39 is 38.3 Å². The van der Waals surface area contributed by atoms with E-state index >= 15 is 0 Å². The number of likely N-dealkylation sites (N-methyl/N-ethyl adjacent to an activating group) is 2. The summed E-state index contributed by atoms with van der Waals surface area (Å²) in [6.07, 6.45) is 0. The number of hydrogen-bond acceptors (Lipinski definition) is 5. The van der Waals surface area contributed by atoms with Crippen molar-refractivity contribution in [1.82, 2.24) is 9.34 Å². The molecular formula is C8H23AlN2O6P3. The lowest BCUT2D eigenvalue weighted by Crippen LogP contribution is -2.11. The predicted molar refractivity (Wildman–Crippen MR) is 81.9 cm³/mol. The van der Waals surface area contributed by atoms with E-state index in [-0.39, 0.29) is 0 Å². The van der Waals surface area contributed by atoms with Gasteiger partial charge in [-0.25, -0.2) is 9.34 Å². The molecule has 1 heterocycles. The van der Waals surface area contributed by atoms with Gasteiger partial charge in [0.1, 0.15) is 0 Å². The Morgan fingerprint density at radius 1 is 1.00 bits per heavy atom. The van der Waals surface area contributed by atoms with Gasteiger partial charge in [-0.15, -0.1) is 0 Å². The van der Waals surface area contributed by atoms with Gasteiger partial charge in [-0.1, -0.05) is 0 Å². The highest BCUT2D eigenvalue weighted by atomic mass is 31.2. The van der Waals surface area contributed by atoms with Crippen LogP contribution in [0.25, 0.3) is 0 Å². The van der Waals surface area contributed by atoms with Crippen molar-refractivity contribution in [3.63, 3.8) is 0 Å². The largest absolute Gasteiger partial charge is 0.679 e. The predicted octanol–water partition coefficient (Wildman–Crippen LogP) is 1.59. The van der Waals surface area contributed by atoms with E-state index in [1.54, 1.807) is 14.1 Å². The summed E-state index contributed by atoms with van der Waals surface area (Å²) in [4.78, 5) is 9.14. The summed E-state index contributed by atoms with van der Waals surface area (Å²) in [5.41, 5.74) is 0. The monoisotopic (exact) mass is 363 g/mol. The number of rotatable bonds is 4. The summed E-state index contributed by atoms with van der Waals surface area (Å²) in [6.45, 7) is 7.37. The molecule has 0 atom stereocenters. The second-order valence-corrected chi connectivity index (χ2v) is 14.4. The first-order valence-electron chi connectivity index (χ1n) is 5.80. The summed E-state index contributed by atoms with van der Waals surface area (Å²) in [5.74, 6) is 0. The van der Waals surface area contributed by atoms with E-state index in [1.807, 2.05) is 0 Å². The van der Waals surface area contributed by atoms with Crippen molar-refractivity contribution in [2.24, 2.45) is 0 Å². The minimum Gasteiger partial charge on any atom is -0.435 e. The Kier molecular flexibility index (Phi) is 8.45. The summed E-state index contributed by atoms with van der Waals surface area (Å²) in [6, 6.07) is 0. The average Bonchev–Trinajstić information content (AvgIpc) is 2.42. The highest BCUT2D eigenvalue weighted by Gasteiger charge is 2.35. The molecule has 0 aliphatic carbocycles. The van der Waals surface area contributed by atoms with E-state index in [4.69, 9.17) is 12.0 Å². The normalized spacial score (nSPS) is 20.4. The third-order valence-corrected chi connectivity index (χ3v) is 9.16. The van der Waals surface area contributed by atoms with E-state index in [0.717, 1.165) is 0 Å². The van der Waals surface area contributed by atoms with Crippen LogP contribution >= 0.6 is 22.4 Å². The van der Waals surface area contributed by atoms with Crippen molar-refractivity contribution in [1.29, 1.82) is 0 Å². The van der Waals surface area contributed by atoms with Crippen LogP contribution in [0.15, 0.2) is 0 Å². The molecule has 0 unspecified atom stereocenters. The van der Waals surface area contributed by atoms with Crippen LogP contribution in [0.2, 0.25) is 0 Å². The molecule has 0 aromatic heterocycles. The van der Waals surface area contributed by atoms with E-state index in [9.17, 15) is 13.7 Å². The third kappa shape index (κ3) is 9.12. The molecule has 0 amide bonds. The fourth-order valence-electron chi connectivity index (χ4n) is 1.04. The molecule has 0 spiro atoms. The molecule has 1 aliphatic heterocycles. The number of nitrogens with zero attached hydrogens (tertiary/aromatic N) is 2. The van der Waals surface area contributed by atoms with Gasteiger partial charge in [0.25, 0.3) is 0 Å². The van der Waals surface area contributed by atoms with E-state index in [2.05, 4.69) is 0 Å². The zero-order valence-electron chi connectivity index (χ0n) is 12.7. The maximum atomic E-state index is 11.1. The molecule has 119 valence electrons. The molecule has 1 radical (unpaired) electrons. The Morgan fingerprint density at radius 2 is 1.30 bits per heavy atom. The van der Waals surface area contributed by atoms with Gasteiger partial charge in [0.2, 0.25) is 0 Å². The summed E-state index contributed by atoms with van der Waals surface area (Å²) >= 11 is -0.857. The van der Waals surface area contributed by atoms with Crippen LogP contribution in [0.3, 0.4) is 0 Å². The maximum absolute atomic E-state index is 11.1. The van der Waals surface area contributed by atoms with Gasteiger partial charge in [0, 0.05) is 39.7 Å². The Morgan fingerprint density at radius 3 is 1.45 bits per heavy atom. The van der Waals surface area contributed by atoms with Crippen LogP contribution in [0.4, 0.5) is 0 Å². The fraction of sp³-hybridized carbons (Fsp3) is 1.00. The van der Waals surface area contributed by atoms with Crippen molar-refractivity contribution in [3.8, 4) is 0 Å². The van der Waals surface area contributed by atoms with Gasteiger partial charge < -0.3 is 12.0 Å². The molecule has 0 aromatic rings. The quantitative estimate of drug-likeness (QED) is 0.594. The fourth-order valence-corrected chi connectivity index (χ4v) is 4.42. The highest BCUT2D eigenvalue weighted by molar-refractivity contribution is 7.59. The van der Waals surface area contributed by atoms with Gasteiger partial charge in [-0.2, -0.15) is 0 Å².